The van der Waals surface area contributed by atoms with E-state index in [0.29, 0.717) is 0 Å². The lowest BCUT2D eigenvalue weighted by atomic mass is 10.1. The first-order valence-corrected chi connectivity index (χ1v) is 5.27. The van der Waals surface area contributed by atoms with Crippen LogP contribution < -0.4 is 0 Å². The molecule has 1 aromatic heterocycles. The van der Waals surface area contributed by atoms with Crippen molar-refractivity contribution in [3.8, 4) is 11.3 Å². The van der Waals surface area contributed by atoms with Gasteiger partial charge in [0.15, 0.2) is 0 Å². The average molecular weight is 199 g/mol. The Labute approximate surface area is 88.9 Å². The summed E-state index contributed by atoms with van der Waals surface area (Å²) in [5.74, 6) is 0. The van der Waals surface area contributed by atoms with Crippen LogP contribution in [0.1, 0.15) is 11.3 Å². The van der Waals surface area contributed by atoms with Gasteiger partial charge < -0.3 is 9.72 Å². The SMILES string of the molecule is c1ccc(-c2cc3c([nH]2)CCOC3)cc1. The molecule has 15 heavy (non-hydrogen) atoms. The molecule has 2 aromatic rings. The highest BCUT2D eigenvalue weighted by molar-refractivity contribution is 5.61. The molecule has 0 atom stereocenters. The fourth-order valence-electron chi connectivity index (χ4n) is 2.02. The van der Waals surface area contributed by atoms with Gasteiger partial charge in [-0.25, -0.2) is 0 Å². The molecule has 2 heteroatoms. The average Bonchev–Trinajstić information content (AvgIpc) is 2.74. The van der Waals surface area contributed by atoms with Crippen molar-refractivity contribution in [2.24, 2.45) is 0 Å². The standard InChI is InChI=1S/C13H13NO/c1-2-4-10(5-3-1)13-8-11-9-15-7-6-12(11)14-13/h1-5,8,14H,6-7,9H2. The van der Waals surface area contributed by atoms with Gasteiger partial charge in [-0.3, -0.25) is 0 Å². The zero-order valence-corrected chi connectivity index (χ0v) is 8.49. The number of hydrogen-bond acceptors (Lipinski definition) is 1. The lowest BCUT2D eigenvalue weighted by molar-refractivity contribution is 0.110. The highest BCUT2D eigenvalue weighted by Crippen LogP contribution is 2.24. The maximum absolute atomic E-state index is 5.43. The molecule has 1 aromatic carbocycles. The first-order chi connectivity index (χ1) is 7.43. The maximum atomic E-state index is 5.43. The molecule has 2 nitrogen and oxygen atoms in total. The first-order valence-electron chi connectivity index (χ1n) is 5.27. The van der Waals surface area contributed by atoms with E-state index in [0.717, 1.165) is 19.6 Å². The van der Waals surface area contributed by atoms with E-state index in [1.54, 1.807) is 0 Å². The molecule has 0 unspecified atom stereocenters. The highest BCUT2D eigenvalue weighted by atomic mass is 16.5. The summed E-state index contributed by atoms with van der Waals surface area (Å²) < 4.78 is 5.43. The molecule has 1 aliphatic heterocycles. The normalized spacial score (nSPS) is 14.9. The van der Waals surface area contributed by atoms with Gasteiger partial charge in [-0.05, 0) is 17.2 Å². The smallest absolute Gasteiger partial charge is 0.0734 e. The van der Waals surface area contributed by atoms with Crippen LogP contribution in [0.15, 0.2) is 36.4 Å². The van der Waals surface area contributed by atoms with Crippen LogP contribution in [0.25, 0.3) is 11.3 Å². The molecule has 0 saturated carbocycles. The molecule has 0 spiro atoms. The fourth-order valence-corrected chi connectivity index (χ4v) is 2.02. The van der Waals surface area contributed by atoms with Crippen molar-refractivity contribution < 1.29 is 4.74 Å². The van der Waals surface area contributed by atoms with E-state index in [-0.39, 0.29) is 0 Å². The van der Waals surface area contributed by atoms with E-state index in [1.165, 1.54) is 22.5 Å². The zero-order valence-electron chi connectivity index (χ0n) is 8.49. The minimum absolute atomic E-state index is 0.749. The lowest BCUT2D eigenvalue weighted by Crippen LogP contribution is -2.07. The Morgan fingerprint density at radius 3 is 2.80 bits per heavy atom. The van der Waals surface area contributed by atoms with Crippen LogP contribution in [0.5, 0.6) is 0 Å². The summed E-state index contributed by atoms with van der Waals surface area (Å²) in [4.78, 5) is 3.47. The number of ether oxygens (including phenoxy) is 1. The van der Waals surface area contributed by atoms with Crippen molar-refractivity contribution in [2.45, 2.75) is 13.0 Å². The summed E-state index contributed by atoms with van der Waals surface area (Å²) in [6, 6.07) is 12.6. The predicted molar refractivity (Wildman–Crippen MR) is 59.6 cm³/mol. The van der Waals surface area contributed by atoms with Crippen LogP contribution >= 0.6 is 0 Å². The molecular formula is C13H13NO. The topological polar surface area (TPSA) is 25.0 Å². The Hall–Kier alpha value is -1.54. The van der Waals surface area contributed by atoms with Gasteiger partial charge in [-0.1, -0.05) is 30.3 Å². The second kappa shape index (κ2) is 3.55. The third-order valence-corrected chi connectivity index (χ3v) is 2.83. The van der Waals surface area contributed by atoms with Crippen molar-refractivity contribution in [1.82, 2.24) is 4.98 Å². The van der Waals surface area contributed by atoms with E-state index in [4.69, 9.17) is 4.74 Å². The Balaban J connectivity index is 2.03. The second-order valence-electron chi connectivity index (χ2n) is 3.86. The Kier molecular flexibility index (Phi) is 2.07. The monoisotopic (exact) mass is 199 g/mol. The molecule has 0 saturated heterocycles. The number of H-pyrrole nitrogens is 1. The second-order valence-corrected chi connectivity index (χ2v) is 3.86. The van der Waals surface area contributed by atoms with Crippen LogP contribution in [-0.2, 0) is 17.8 Å². The molecule has 0 fully saturated rings. The van der Waals surface area contributed by atoms with Gasteiger partial charge in [0.2, 0.25) is 0 Å². The molecule has 76 valence electrons. The molecule has 1 N–H and O–H groups in total. The third-order valence-electron chi connectivity index (χ3n) is 2.83. The fraction of sp³-hybridized carbons (Fsp3) is 0.231. The summed E-state index contributed by atoms with van der Waals surface area (Å²) >= 11 is 0. The van der Waals surface area contributed by atoms with Crippen LogP contribution in [-0.4, -0.2) is 11.6 Å². The molecule has 0 radical (unpaired) electrons. The van der Waals surface area contributed by atoms with Crippen LogP contribution in [0.2, 0.25) is 0 Å². The van der Waals surface area contributed by atoms with Gasteiger partial charge in [0.1, 0.15) is 0 Å². The van der Waals surface area contributed by atoms with E-state index >= 15 is 0 Å². The van der Waals surface area contributed by atoms with E-state index in [9.17, 15) is 0 Å². The van der Waals surface area contributed by atoms with Gasteiger partial charge in [0, 0.05) is 17.8 Å². The van der Waals surface area contributed by atoms with Crippen LogP contribution in [0, 0.1) is 0 Å². The number of hydrogen-bond donors (Lipinski definition) is 1. The number of aromatic nitrogens is 1. The van der Waals surface area contributed by atoms with E-state index < -0.39 is 0 Å². The van der Waals surface area contributed by atoms with Crippen molar-refractivity contribution in [2.75, 3.05) is 6.61 Å². The summed E-state index contributed by atoms with van der Waals surface area (Å²) in [6.45, 7) is 1.58. The van der Waals surface area contributed by atoms with Gasteiger partial charge >= 0.3 is 0 Å². The van der Waals surface area contributed by atoms with Gasteiger partial charge in [0.05, 0.1) is 13.2 Å². The van der Waals surface area contributed by atoms with Gasteiger partial charge in [0.25, 0.3) is 0 Å². The number of benzene rings is 1. The molecule has 2 heterocycles. The van der Waals surface area contributed by atoms with E-state index in [1.807, 2.05) is 6.07 Å². The predicted octanol–water partition coefficient (Wildman–Crippen LogP) is 2.75. The summed E-state index contributed by atoms with van der Waals surface area (Å²) in [5.41, 5.74) is 5.08. The zero-order chi connectivity index (χ0) is 10.1. The molecule has 0 aliphatic carbocycles. The molecular weight excluding hydrogens is 186 g/mol. The summed E-state index contributed by atoms with van der Waals surface area (Å²) in [5, 5.41) is 0. The lowest BCUT2D eigenvalue weighted by Gasteiger charge is -2.10. The first kappa shape index (κ1) is 8.74. The number of fused-ring (bicyclic) bond motifs is 1. The number of aromatic amines is 1. The number of rotatable bonds is 1. The van der Waals surface area contributed by atoms with Crippen molar-refractivity contribution in [3.63, 3.8) is 0 Å². The number of nitrogens with one attached hydrogen (secondary N) is 1. The van der Waals surface area contributed by atoms with Gasteiger partial charge in [-0.2, -0.15) is 0 Å². The highest BCUT2D eigenvalue weighted by Gasteiger charge is 2.13. The Morgan fingerprint density at radius 1 is 1.13 bits per heavy atom. The quantitative estimate of drug-likeness (QED) is 0.750. The van der Waals surface area contributed by atoms with Gasteiger partial charge in [-0.15, -0.1) is 0 Å². The molecule has 1 aliphatic rings. The third kappa shape index (κ3) is 1.57. The molecule has 0 amide bonds. The summed E-state index contributed by atoms with van der Waals surface area (Å²) in [7, 11) is 0. The van der Waals surface area contributed by atoms with Crippen molar-refractivity contribution >= 4 is 0 Å². The molecule has 0 bridgehead atoms. The van der Waals surface area contributed by atoms with E-state index in [2.05, 4.69) is 35.3 Å². The minimum atomic E-state index is 0.749. The van der Waals surface area contributed by atoms with Crippen molar-refractivity contribution in [3.05, 3.63) is 47.7 Å². The Morgan fingerprint density at radius 2 is 2.00 bits per heavy atom. The Bertz CT molecular complexity index is 435. The summed E-state index contributed by atoms with van der Waals surface area (Å²) in [6.07, 6.45) is 1.00. The maximum Gasteiger partial charge on any atom is 0.0734 e. The largest absolute Gasteiger partial charge is 0.376 e. The minimum Gasteiger partial charge on any atom is -0.376 e. The van der Waals surface area contributed by atoms with Crippen molar-refractivity contribution in [1.29, 1.82) is 0 Å². The van der Waals surface area contributed by atoms with Crippen LogP contribution in [0.3, 0.4) is 0 Å². The molecule has 3 rings (SSSR count). The van der Waals surface area contributed by atoms with Crippen LogP contribution in [0.4, 0.5) is 0 Å².